The third kappa shape index (κ3) is 5.70. The molecule has 1 aromatic carbocycles. The van der Waals surface area contributed by atoms with Crippen LogP contribution < -0.4 is 9.88 Å². The second kappa shape index (κ2) is 9.76. The highest BCUT2D eigenvalue weighted by Crippen LogP contribution is 2.43. The van der Waals surface area contributed by atoms with Gasteiger partial charge in [0, 0.05) is 12.3 Å². The Labute approximate surface area is 184 Å². The highest BCUT2D eigenvalue weighted by molar-refractivity contribution is 7.98. The summed E-state index contributed by atoms with van der Waals surface area (Å²) < 4.78 is 43.9. The van der Waals surface area contributed by atoms with Crippen LogP contribution in [0.4, 0.5) is 4.39 Å². The number of halogens is 1. The molecule has 0 bridgehead atoms. The van der Waals surface area contributed by atoms with Crippen LogP contribution in [0.5, 0.6) is 5.75 Å². The van der Waals surface area contributed by atoms with E-state index >= 15 is 0 Å². The highest BCUT2D eigenvalue weighted by atomic mass is 32.2. The van der Waals surface area contributed by atoms with Crippen molar-refractivity contribution in [1.82, 2.24) is 14.3 Å². The SMILES string of the molecule is CC1CN(S(N)(=O)=O)C1c1nc(SCc2ccc(F)cc2)ncc1O[C@H](C)[C@@H](O)CO. The van der Waals surface area contributed by atoms with Gasteiger partial charge in [0.25, 0.3) is 10.2 Å². The molecule has 1 fully saturated rings. The Kier molecular flexibility index (Phi) is 7.50. The van der Waals surface area contributed by atoms with E-state index in [4.69, 9.17) is 15.0 Å². The first-order valence-electron chi connectivity index (χ1n) is 9.59. The van der Waals surface area contributed by atoms with Crippen molar-refractivity contribution in [1.29, 1.82) is 0 Å². The van der Waals surface area contributed by atoms with Crippen molar-refractivity contribution >= 4 is 22.0 Å². The van der Waals surface area contributed by atoms with Crippen molar-refractivity contribution in [3.8, 4) is 5.75 Å². The lowest BCUT2D eigenvalue weighted by molar-refractivity contribution is 0.00552. The van der Waals surface area contributed by atoms with Crippen molar-refractivity contribution in [2.75, 3.05) is 13.2 Å². The first kappa shape index (κ1) is 23.8. The molecule has 9 nitrogen and oxygen atoms in total. The summed E-state index contributed by atoms with van der Waals surface area (Å²) in [5.74, 6) is 0.300. The third-order valence-electron chi connectivity index (χ3n) is 5.01. The van der Waals surface area contributed by atoms with Crippen LogP contribution in [0.1, 0.15) is 31.1 Å². The molecule has 1 aromatic heterocycles. The molecule has 31 heavy (non-hydrogen) atoms. The maximum Gasteiger partial charge on any atom is 0.277 e. The number of hydrogen-bond donors (Lipinski definition) is 3. The van der Waals surface area contributed by atoms with Crippen molar-refractivity contribution in [3.05, 3.63) is 47.5 Å². The average Bonchev–Trinajstić information content (AvgIpc) is 2.71. The minimum absolute atomic E-state index is 0.0661. The van der Waals surface area contributed by atoms with Crippen LogP contribution >= 0.6 is 11.8 Å². The number of rotatable bonds is 9. The number of aliphatic hydroxyl groups is 2. The van der Waals surface area contributed by atoms with Gasteiger partial charge >= 0.3 is 0 Å². The minimum atomic E-state index is -3.95. The predicted octanol–water partition coefficient (Wildman–Crippen LogP) is 1.22. The summed E-state index contributed by atoms with van der Waals surface area (Å²) in [6, 6.07) is 5.42. The van der Waals surface area contributed by atoms with Crippen LogP contribution in [0.15, 0.2) is 35.6 Å². The molecule has 1 saturated heterocycles. The number of hydrogen-bond acceptors (Lipinski definition) is 8. The lowest BCUT2D eigenvalue weighted by Gasteiger charge is -2.44. The number of ether oxygens (including phenoxy) is 1. The van der Waals surface area contributed by atoms with Gasteiger partial charge in [0.15, 0.2) is 10.9 Å². The number of nitrogens with two attached hydrogens (primary N) is 1. The van der Waals surface area contributed by atoms with Crippen LogP contribution in [-0.2, 0) is 16.0 Å². The molecule has 0 spiro atoms. The average molecular weight is 473 g/mol. The molecular formula is C19H25FN4O5S2. The topological polar surface area (TPSA) is 139 Å². The molecule has 4 atom stereocenters. The van der Waals surface area contributed by atoms with Crippen molar-refractivity contribution in [2.45, 2.75) is 43.0 Å². The van der Waals surface area contributed by atoms with Crippen molar-refractivity contribution < 1.29 is 27.8 Å². The molecule has 1 aliphatic rings. The second-order valence-electron chi connectivity index (χ2n) is 7.43. The molecule has 1 aliphatic heterocycles. The van der Waals surface area contributed by atoms with Gasteiger partial charge in [0.05, 0.1) is 18.8 Å². The lowest BCUT2D eigenvalue weighted by Crippen LogP contribution is -2.54. The van der Waals surface area contributed by atoms with E-state index in [1.165, 1.54) is 30.1 Å². The summed E-state index contributed by atoms with van der Waals surface area (Å²) in [4.78, 5) is 8.80. The van der Waals surface area contributed by atoms with Crippen LogP contribution in [0.2, 0.25) is 0 Å². The fourth-order valence-corrected chi connectivity index (χ4v) is 5.05. The summed E-state index contributed by atoms with van der Waals surface area (Å²) in [6.07, 6.45) is -0.487. The summed E-state index contributed by atoms with van der Waals surface area (Å²) in [5.41, 5.74) is 1.21. The van der Waals surface area contributed by atoms with E-state index in [2.05, 4.69) is 9.97 Å². The molecule has 0 radical (unpaired) electrons. The molecule has 4 N–H and O–H groups in total. The Morgan fingerprint density at radius 3 is 2.65 bits per heavy atom. The van der Waals surface area contributed by atoms with Gasteiger partial charge in [0.2, 0.25) is 0 Å². The molecule has 2 heterocycles. The monoisotopic (exact) mass is 472 g/mol. The number of aromatic nitrogens is 2. The Bertz CT molecular complexity index is 1010. The number of thioether (sulfide) groups is 1. The van der Waals surface area contributed by atoms with E-state index in [-0.39, 0.29) is 24.0 Å². The minimum Gasteiger partial charge on any atom is -0.484 e. The van der Waals surface area contributed by atoms with E-state index in [1.807, 2.05) is 6.92 Å². The summed E-state index contributed by atoms with van der Waals surface area (Å²) in [5, 5.41) is 24.7. The molecule has 170 valence electrons. The van der Waals surface area contributed by atoms with Crippen LogP contribution in [-0.4, -0.2) is 58.3 Å². The largest absolute Gasteiger partial charge is 0.484 e. The van der Waals surface area contributed by atoms with E-state index in [0.717, 1.165) is 9.87 Å². The van der Waals surface area contributed by atoms with Crippen molar-refractivity contribution in [3.63, 3.8) is 0 Å². The molecule has 0 aliphatic carbocycles. The highest BCUT2D eigenvalue weighted by Gasteiger charge is 2.45. The zero-order valence-corrected chi connectivity index (χ0v) is 18.7. The summed E-state index contributed by atoms with van der Waals surface area (Å²) in [7, 11) is -3.95. The van der Waals surface area contributed by atoms with Crippen LogP contribution in [0.3, 0.4) is 0 Å². The molecule has 2 unspecified atom stereocenters. The van der Waals surface area contributed by atoms with Crippen LogP contribution in [0, 0.1) is 11.7 Å². The normalized spacial score (nSPS) is 21.4. The maximum atomic E-state index is 13.1. The maximum absolute atomic E-state index is 13.1. The Hall–Kier alpha value is -1.83. The molecule has 2 aromatic rings. The van der Waals surface area contributed by atoms with Gasteiger partial charge in [-0.05, 0) is 30.5 Å². The second-order valence-corrected chi connectivity index (χ2v) is 9.87. The van der Waals surface area contributed by atoms with Gasteiger partial charge in [-0.25, -0.2) is 19.5 Å². The quantitative estimate of drug-likeness (QED) is 0.366. The molecule has 0 saturated carbocycles. The van der Waals surface area contributed by atoms with Crippen LogP contribution in [0.25, 0.3) is 0 Å². The molecular weight excluding hydrogens is 447 g/mol. The van der Waals surface area contributed by atoms with Crippen molar-refractivity contribution in [2.24, 2.45) is 11.1 Å². The summed E-state index contributed by atoms with van der Waals surface area (Å²) in [6.45, 7) is 3.20. The smallest absolute Gasteiger partial charge is 0.277 e. The predicted molar refractivity (Wildman–Crippen MR) is 113 cm³/mol. The van der Waals surface area contributed by atoms with Gasteiger partial charge in [-0.3, -0.25) is 0 Å². The van der Waals surface area contributed by atoms with E-state index in [0.29, 0.717) is 16.6 Å². The standard InChI is InChI=1S/C19H25FN4O5S2/c1-11-8-24(31(21,27)28)18(11)17-16(29-12(2)15(26)9-25)7-22-19(23-17)30-10-13-3-5-14(20)6-4-13/h3-7,11-12,15,18,25-26H,8-10H2,1-2H3,(H2,21,27,28)/t11?,12-,15+,18?/m1/s1. The fraction of sp³-hybridized carbons (Fsp3) is 0.474. The number of nitrogens with zero attached hydrogens (tertiary/aromatic N) is 3. The molecule has 3 rings (SSSR count). The molecule has 12 heteroatoms. The Morgan fingerprint density at radius 2 is 2.06 bits per heavy atom. The molecule has 0 amide bonds. The summed E-state index contributed by atoms with van der Waals surface area (Å²) >= 11 is 1.31. The van der Waals surface area contributed by atoms with Gasteiger partial charge in [0.1, 0.15) is 23.7 Å². The van der Waals surface area contributed by atoms with E-state index < -0.39 is 35.1 Å². The van der Waals surface area contributed by atoms with E-state index in [9.17, 15) is 17.9 Å². The fourth-order valence-electron chi connectivity index (χ4n) is 3.21. The Morgan fingerprint density at radius 1 is 1.39 bits per heavy atom. The zero-order valence-electron chi connectivity index (χ0n) is 17.1. The zero-order chi connectivity index (χ0) is 22.8. The van der Waals surface area contributed by atoms with E-state index in [1.54, 1.807) is 19.1 Å². The first-order valence-corrected chi connectivity index (χ1v) is 12.1. The lowest BCUT2D eigenvalue weighted by atomic mass is 9.90. The van der Waals surface area contributed by atoms with Gasteiger partial charge in [-0.1, -0.05) is 30.8 Å². The first-order chi connectivity index (χ1) is 14.6. The van der Waals surface area contributed by atoms with Gasteiger partial charge in [-0.2, -0.15) is 12.7 Å². The number of benzene rings is 1. The Balaban J connectivity index is 1.89. The van der Waals surface area contributed by atoms with Gasteiger partial charge in [-0.15, -0.1) is 0 Å². The van der Waals surface area contributed by atoms with Gasteiger partial charge < -0.3 is 14.9 Å². The third-order valence-corrected chi connectivity index (χ3v) is 6.97. The number of aliphatic hydroxyl groups excluding tert-OH is 2.